The zero-order valence-corrected chi connectivity index (χ0v) is 15.6. The van der Waals surface area contributed by atoms with Gasteiger partial charge in [-0.2, -0.15) is 0 Å². The van der Waals surface area contributed by atoms with Crippen LogP contribution in [0, 0.1) is 0 Å². The maximum Gasteiger partial charge on any atom is 0.341 e. The van der Waals surface area contributed by atoms with Gasteiger partial charge in [-0.1, -0.05) is 6.07 Å². The summed E-state index contributed by atoms with van der Waals surface area (Å²) in [7, 11) is 1.61. The van der Waals surface area contributed by atoms with Gasteiger partial charge in [0.2, 0.25) is 0 Å². The minimum absolute atomic E-state index is 0.286. The normalized spacial score (nSPS) is 10.5. The number of nitrogens with zero attached hydrogens (tertiary/aromatic N) is 1. The Hall–Kier alpha value is -3.28. The quantitative estimate of drug-likeness (QED) is 0.618. The minimum Gasteiger partial charge on any atom is -0.497 e. The van der Waals surface area contributed by atoms with E-state index in [1.54, 1.807) is 14.0 Å². The van der Waals surface area contributed by atoms with Gasteiger partial charge in [0.1, 0.15) is 17.1 Å². The third-order valence-corrected chi connectivity index (χ3v) is 3.98. The lowest BCUT2D eigenvalue weighted by atomic mass is 10.1. The number of aromatic nitrogens is 1. The molecule has 0 aliphatic rings. The lowest BCUT2D eigenvalue weighted by Crippen LogP contribution is -2.09. The molecule has 0 saturated carbocycles. The van der Waals surface area contributed by atoms with Crippen LogP contribution in [0.15, 0.2) is 48.7 Å². The molecule has 27 heavy (non-hydrogen) atoms. The molecular weight excluding hydrogens is 344 g/mol. The number of nitrogens with one attached hydrogen (secondary N) is 1. The van der Waals surface area contributed by atoms with E-state index in [1.807, 2.05) is 49.4 Å². The van der Waals surface area contributed by atoms with Gasteiger partial charge in [-0.3, -0.25) is 4.98 Å². The second-order valence-electron chi connectivity index (χ2n) is 5.74. The van der Waals surface area contributed by atoms with Gasteiger partial charge in [-0.15, -0.1) is 0 Å². The summed E-state index contributed by atoms with van der Waals surface area (Å²) in [5.74, 6) is 0.992. The van der Waals surface area contributed by atoms with Crippen molar-refractivity contribution in [1.82, 2.24) is 4.98 Å². The predicted octanol–water partition coefficient (Wildman–Crippen LogP) is 4.56. The number of benzene rings is 2. The Balaban J connectivity index is 2.15. The van der Waals surface area contributed by atoms with Crippen molar-refractivity contribution in [2.75, 3.05) is 25.6 Å². The van der Waals surface area contributed by atoms with Crippen molar-refractivity contribution in [1.29, 1.82) is 0 Å². The number of ether oxygens (including phenoxy) is 3. The van der Waals surface area contributed by atoms with E-state index < -0.39 is 5.97 Å². The first-order valence-corrected chi connectivity index (χ1v) is 8.80. The van der Waals surface area contributed by atoms with Crippen molar-refractivity contribution in [2.45, 2.75) is 13.8 Å². The summed E-state index contributed by atoms with van der Waals surface area (Å²) >= 11 is 0. The summed E-state index contributed by atoms with van der Waals surface area (Å²) in [6.45, 7) is 4.53. The Labute approximate surface area is 158 Å². The number of anilines is 2. The number of esters is 1. The van der Waals surface area contributed by atoms with E-state index in [2.05, 4.69) is 10.3 Å². The van der Waals surface area contributed by atoms with Gasteiger partial charge in [-0.05, 0) is 44.2 Å². The van der Waals surface area contributed by atoms with Gasteiger partial charge in [0.25, 0.3) is 0 Å². The molecule has 0 unspecified atom stereocenters. The van der Waals surface area contributed by atoms with E-state index >= 15 is 0 Å². The highest BCUT2D eigenvalue weighted by Gasteiger charge is 2.17. The van der Waals surface area contributed by atoms with Crippen molar-refractivity contribution < 1.29 is 19.0 Å². The third-order valence-electron chi connectivity index (χ3n) is 3.98. The van der Waals surface area contributed by atoms with Crippen LogP contribution in [-0.4, -0.2) is 31.3 Å². The number of hydrogen-bond donors (Lipinski definition) is 1. The van der Waals surface area contributed by atoms with Crippen molar-refractivity contribution in [3.63, 3.8) is 0 Å². The molecule has 0 fully saturated rings. The largest absolute Gasteiger partial charge is 0.497 e. The van der Waals surface area contributed by atoms with Gasteiger partial charge in [-0.25, -0.2) is 4.79 Å². The Morgan fingerprint density at radius 3 is 2.67 bits per heavy atom. The first-order valence-electron chi connectivity index (χ1n) is 8.80. The number of methoxy groups -OCH3 is 1. The zero-order valence-electron chi connectivity index (χ0n) is 15.6. The van der Waals surface area contributed by atoms with E-state index in [9.17, 15) is 4.79 Å². The molecule has 6 nitrogen and oxygen atoms in total. The molecule has 140 valence electrons. The fraction of sp³-hybridized carbons (Fsp3) is 0.238. The van der Waals surface area contributed by atoms with Crippen molar-refractivity contribution >= 4 is 28.2 Å². The van der Waals surface area contributed by atoms with Crippen molar-refractivity contribution in [2.24, 2.45) is 0 Å². The fourth-order valence-electron chi connectivity index (χ4n) is 2.77. The summed E-state index contributed by atoms with van der Waals surface area (Å²) in [5.41, 5.74) is 2.51. The summed E-state index contributed by atoms with van der Waals surface area (Å²) in [6, 6.07) is 13.1. The topological polar surface area (TPSA) is 69.7 Å². The van der Waals surface area contributed by atoms with Crippen molar-refractivity contribution in [3.05, 3.63) is 54.2 Å². The molecule has 1 heterocycles. The fourth-order valence-corrected chi connectivity index (χ4v) is 2.77. The van der Waals surface area contributed by atoms with Crippen LogP contribution in [0.1, 0.15) is 24.2 Å². The average molecular weight is 366 g/mol. The standard InChI is InChI=1S/C21H22N2O4/c1-4-26-16-9-10-19-17(12-16)20(18(13-22-19)21(24)27-5-2)23-14-7-6-8-15(11-14)25-3/h6-13H,4-5H2,1-3H3,(H,22,23). The number of carbonyl (C=O) groups is 1. The zero-order chi connectivity index (χ0) is 19.2. The smallest absolute Gasteiger partial charge is 0.341 e. The van der Waals surface area contributed by atoms with Crippen LogP contribution < -0.4 is 14.8 Å². The average Bonchev–Trinajstić information content (AvgIpc) is 2.69. The lowest BCUT2D eigenvalue weighted by molar-refractivity contribution is 0.0527. The van der Waals surface area contributed by atoms with Crippen molar-refractivity contribution in [3.8, 4) is 11.5 Å². The highest BCUT2D eigenvalue weighted by atomic mass is 16.5. The van der Waals surface area contributed by atoms with Gasteiger partial charge in [0.05, 0.1) is 31.5 Å². The highest BCUT2D eigenvalue weighted by molar-refractivity contribution is 6.06. The number of rotatable bonds is 7. The van der Waals surface area contributed by atoms with Gasteiger partial charge < -0.3 is 19.5 Å². The predicted molar refractivity (Wildman–Crippen MR) is 105 cm³/mol. The molecule has 0 spiro atoms. The van der Waals surface area contributed by atoms with Crippen LogP contribution in [-0.2, 0) is 4.74 Å². The first-order chi connectivity index (χ1) is 13.2. The summed E-state index contributed by atoms with van der Waals surface area (Å²) in [4.78, 5) is 16.9. The molecular formula is C21H22N2O4. The Morgan fingerprint density at radius 2 is 1.93 bits per heavy atom. The van der Waals surface area contributed by atoms with Crippen LogP contribution in [0.3, 0.4) is 0 Å². The van der Waals surface area contributed by atoms with E-state index in [-0.39, 0.29) is 6.61 Å². The molecule has 0 bridgehead atoms. The molecule has 0 aliphatic carbocycles. The number of pyridine rings is 1. The molecule has 1 aromatic heterocycles. The Kier molecular flexibility index (Phi) is 5.76. The maximum absolute atomic E-state index is 12.5. The van der Waals surface area contributed by atoms with Crippen LogP contribution in [0.2, 0.25) is 0 Å². The second kappa shape index (κ2) is 8.40. The maximum atomic E-state index is 12.5. The molecule has 6 heteroatoms. The van der Waals surface area contributed by atoms with Gasteiger partial charge >= 0.3 is 5.97 Å². The Morgan fingerprint density at radius 1 is 1.07 bits per heavy atom. The van der Waals surface area contributed by atoms with E-state index in [0.717, 1.165) is 16.6 Å². The number of fused-ring (bicyclic) bond motifs is 1. The second-order valence-corrected chi connectivity index (χ2v) is 5.74. The van der Waals surface area contributed by atoms with E-state index in [1.165, 1.54) is 6.20 Å². The molecule has 0 radical (unpaired) electrons. The van der Waals surface area contributed by atoms with Crippen LogP contribution in [0.4, 0.5) is 11.4 Å². The summed E-state index contributed by atoms with van der Waals surface area (Å²) in [6.07, 6.45) is 1.53. The molecule has 0 saturated heterocycles. The lowest BCUT2D eigenvalue weighted by Gasteiger charge is -2.15. The SMILES string of the molecule is CCOC(=O)c1cnc2ccc(OCC)cc2c1Nc1cccc(OC)c1. The first kappa shape index (κ1) is 18.5. The molecule has 0 aliphatic heterocycles. The molecule has 0 amide bonds. The van der Waals surface area contributed by atoms with Crippen LogP contribution in [0.25, 0.3) is 10.9 Å². The number of carbonyl (C=O) groups excluding carboxylic acids is 1. The van der Waals surface area contributed by atoms with Crippen LogP contribution >= 0.6 is 0 Å². The highest BCUT2D eigenvalue weighted by Crippen LogP contribution is 2.33. The third kappa shape index (κ3) is 4.11. The molecule has 1 N–H and O–H groups in total. The monoisotopic (exact) mass is 366 g/mol. The van der Waals surface area contributed by atoms with Gasteiger partial charge in [0.15, 0.2) is 0 Å². The summed E-state index contributed by atoms with van der Waals surface area (Å²) < 4.78 is 16.1. The molecule has 0 atom stereocenters. The van der Waals surface area contributed by atoms with Crippen LogP contribution in [0.5, 0.6) is 11.5 Å². The summed E-state index contributed by atoms with van der Waals surface area (Å²) in [5, 5.41) is 4.10. The molecule has 2 aromatic carbocycles. The van der Waals surface area contributed by atoms with E-state index in [4.69, 9.17) is 14.2 Å². The minimum atomic E-state index is -0.431. The molecule has 3 aromatic rings. The molecule has 3 rings (SSSR count). The Bertz CT molecular complexity index is 956. The number of hydrogen-bond acceptors (Lipinski definition) is 6. The van der Waals surface area contributed by atoms with Gasteiger partial charge in [0, 0.05) is 23.3 Å². The van der Waals surface area contributed by atoms with E-state index in [0.29, 0.717) is 29.4 Å².